The molecule has 1 aromatic carbocycles. The van der Waals surface area contributed by atoms with E-state index in [0.717, 1.165) is 12.8 Å². The highest BCUT2D eigenvalue weighted by atomic mass is 19.3. The number of alkyl halides is 2. The summed E-state index contributed by atoms with van der Waals surface area (Å²) in [6.45, 7) is -0.563. The van der Waals surface area contributed by atoms with Gasteiger partial charge in [-0.05, 0) is 30.5 Å². The van der Waals surface area contributed by atoms with E-state index in [2.05, 4.69) is 11.7 Å². The third kappa shape index (κ3) is 5.10. The van der Waals surface area contributed by atoms with Crippen molar-refractivity contribution in [1.29, 1.82) is 0 Å². The fourth-order valence-corrected chi connectivity index (χ4v) is 1.59. The van der Waals surface area contributed by atoms with Gasteiger partial charge in [-0.1, -0.05) is 38.3 Å². The van der Waals surface area contributed by atoms with Crippen LogP contribution in [0.4, 0.5) is 8.78 Å². The minimum atomic E-state index is -2.74. The number of benzene rings is 1. The van der Waals surface area contributed by atoms with Crippen LogP contribution in [0.25, 0.3) is 0 Å². The van der Waals surface area contributed by atoms with Crippen LogP contribution in [-0.2, 0) is 6.42 Å². The highest BCUT2D eigenvalue weighted by molar-refractivity contribution is 5.27. The maximum atomic E-state index is 11.9. The van der Waals surface area contributed by atoms with Crippen LogP contribution in [0.3, 0.4) is 0 Å². The summed E-state index contributed by atoms with van der Waals surface area (Å²) in [4.78, 5) is 0. The van der Waals surface area contributed by atoms with Crippen LogP contribution < -0.4 is 4.74 Å². The average Bonchev–Trinajstić information content (AvgIpc) is 2.26. The van der Waals surface area contributed by atoms with Gasteiger partial charge in [0.2, 0.25) is 0 Å². The van der Waals surface area contributed by atoms with Gasteiger partial charge in [0.15, 0.2) is 0 Å². The second-order valence-electron chi connectivity index (χ2n) is 3.83. The molecule has 0 saturated heterocycles. The summed E-state index contributed by atoms with van der Waals surface area (Å²) in [5.41, 5.74) is 1.18. The van der Waals surface area contributed by atoms with E-state index >= 15 is 0 Å². The molecule has 0 atom stereocenters. The van der Waals surface area contributed by atoms with Crippen molar-refractivity contribution in [2.24, 2.45) is 0 Å². The summed E-state index contributed by atoms with van der Waals surface area (Å²) in [5.74, 6) is 0.229. The Bertz CT molecular complexity index is 282. The van der Waals surface area contributed by atoms with Gasteiger partial charge in [0.25, 0.3) is 0 Å². The zero-order valence-electron chi connectivity index (χ0n) is 9.59. The van der Waals surface area contributed by atoms with E-state index in [1.165, 1.54) is 24.8 Å². The van der Waals surface area contributed by atoms with Gasteiger partial charge in [-0.15, -0.1) is 0 Å². The first-order chi connectivity index (χ1) is 7.72. The summed E-state index contributed by atoms with van der Waals surface area (Å²) in [6.07, 6.45) is 5.87. The van der Waals surface area contributed by atoms with Crippen molar-refractivity contribution >= 4 is 0 Å². The van der Waals surface area contributed by atoms with Crippen molar-refractivity contribution < 1.29 is 13.5 Å². The van der Waals surface area contributed by atoms with E-state index in [9.17, 15) is 8.78 Å². The molecule has 1 nitrogen and oxygen atoms in total. The highest BCUT2D eigenvalue weighted by Crippen LogP contribution is 2.16. The molecule has 0 aliphatic carbocycles. The number of halogens is 2. The quantitative estimate of drug-likeness (QED) is 0.628. The number of unbranched alkanes of at least 4 members (excludes halogenated alkanes) is 3. The standard InChI is InChI=1S/C13H18F2O/c1-2-3-4-5-6-11-7-9-12(10-8-11)16-13(14)15/h7-10,13H,2-6H2,1H3. The Morgan fingerprint density at radius 2 is 1.75 bits per heavy atom. The monoisotopic (exact) mass is 228 g/mol. The van der Waals surface area contributed by atoms with Crippen LogP contribution in [-0.4, -0.2) is 6.61 Å². The molecule has 0 spiro atoms. The van der Waals surface area contributed by atoms with Gasteiger partial charge in [0.1, 0.15) is 5.75 Å². The fraction of sp³-hybridized carbons (Fsp3) is 0.538. The minimum Gasteiger partial charge on any atom is -0.435 e. The molecule has 0 unspecified atom stereocenters. The first kappa shape index (κ1) is 12.9. The number of aryl methyl sites for hydroxylation is 1. The third-order valence-corrected chi connectivity index (χ3v) is 2.47. The molecule has 0 fully saturated rings. The normalized spacial score (nSPS) is 10.8. The molecule has 0 aliphatic rings. The molecule has 3 heteroatoms. The lowest BCUT2D eigenvalue weighted by molar-refractivity contribution is -0.0498. The van der Waals surface area contributed by atoms with Crippen LogP contribution in [0.2, 0.25) is 0 Å². The summed E-state index contributed by atoms with van der Waals surface area (Å²) >= 11 is 0. The van der Waals surface area contributed by atoms with Crippen LogP contribution in [0, 0.1) is 0 Å². The number of hydrogen-bond acceptors (Lipinski definition) is 1. The molecule has 0 heterocycles. The van der Waals surface area contributed by atoms with Gasteiger partial charge in [0.05, 0.1) is 0 Å². The summed E-state index contributed by atoms with van der Waals surface area (Å²) < 4.78 is 28.1. The molecule has 0 bridgehead atoms. The topological polar surface area (TPSA) is 9.23 Å². The minimum absolute atomic E-state index is 0.229. The molecule has 0 radical (unpaired) electrons. The fourth-order valence-electron chi connectivity index (χ4n) is 1.59. The van der Waals surface area contributed by atoms with Crippen molar-refractivity contribution in [1.82, 2.24) is 0 Å². The SMILES string of the molecule is CCCCCCc1ccc(OC(F)F)cc1. The maximum absolute atomic E-state index is 11.9. The maximum Gasteiger partial charge on any atom is 0.387 e. The molecule has 1 aromatic rings. The Kier molecular flexibility index (Phi) is 5.83. The zero-order chi connectivity index (χ0) is 11.8. The second kappa shape index (κ2) is 7.20. The molecule has 0 N–H and O–H groups in total. The molecule has 0 saturated carbocycles. The van der Waals surface area contributed by atoms with Crippen molar-refractivity contribution in [3.05, 3.63) is 29.8 Å². The molecule has 16 heavy (non-hydrogen) atoms. The van der Waals surface area contributed by atoms with Gasteiger partial charge < -0.3 is 4.74 Å². The molecular formula is C13H18F2O. The smallest absolute Gasteiger partial charge is 0.387 e. The number of rotatable bonds is 7. The van der Waals surface area contributed by atoms with E-state index in [0.29, 0.717) is 0 Å². The Balaban J connectivity index is 2.33. The zero-order valence-corrected chi connectivity index (χ0v) is 9.59. The van der Waals surface area contributed by atoms with Crippen molar-refractivity contribution in [3.8, 4) is 5.75 Å². The molecule has 0 amide bonds. The van der Waals surface area contributed by atoms with Gasteiger partial charge in [-0.2, -0.15) is 8.78 Å². The summed E-state index contributed by atoms with van der Waals surface area (Å²) in [7, 11) is 0. The number of hydrogen-bond donors (Lipinski definition) is 0. The van der Waals surface area contributed by atoms with E-state index < -0.39 is 6.61 Å². The largest absolute Gasteiger partial charge is 0.435 e. The predicted octanol–water partition coefficient (Wildman–Crippen LogP) is 4.41. The van der Waals surface area contributed by atoms with Gasteiger partial charge in [-0.25, -0.2) is 0 Å². The molecule has 0 aromatic heterocycles. The lowest BCUT2D eigenvalue weighted by atomic mass is 10.1. The van der Waals surface area contributed by atoms with Crippen molar-refractivity contribution in [2.45, 2.75) is 45.6 Å². The first-order valence-corrected chi connectivity index (χ1v) is 5.76. The van der Waals surface area contributed by atoms with E-state index in [4.69, 9.17) is 0 Å². The lowest BCUT2D eigenvalue weighted by Crippen LogP contribution is -2.01. The van der Waals surface area contributed by atoms with Crippen LogP contribution in [0.15, 0.2) is 24.3 Å². The van der Waals surface area contributed by atoms with Gasteiger partial charge >= 0.3 is 6.61 Å². The Morgan fingerprint density at radius 1 is 1.06 bits per heavy atom. The predicted molar refractivity (Wildman–Crippen MR) is 60.9 cm³/mol. The number of ether oxygens (including phenoxy) is 1. The van der Waals surface area contributed by atoms with Crippen LogP contribution >= 0.6 is 0 Å². The average molecular weight is 228 g/mol. The Hall–Kier alpha value is -1.12. The van der Waals surface area contributed by atoms with Crippen molar-refractivity contribution in [2.75, 3.05) is 0 Å². The van der Waals surface area contributed by atoms with Crippen molar-refractivity contribution in [3.63, 3.8) is 0 Å². The third-order valence-electron chi connectivity index (χ3n) is 2.47. The summed E-state index contributed by atoms with van der Waals surface area (Å²) in [5, 5.41) is 0. The highest BCUT2D eigenvalue weighted by Gasteiger charge is 2.03. The molecule has 1 rings (SSSR count). The van der Waals surface area contributed by atoms with Gasteiger partial charge in [0, 0.05) is 0 Å². The molecule has 90 valence electrons. The van der Waals surface area contributed by atoms with Crippen LogP contribution in [0.5, 0.6) is 5.75 Å². The second-order valence-corrected chi connectivity index (χ2v) is 3.83. The summed E-state index contributed by atoms with van der Waals surface area (Å²) in [6, 6.07) is 6.90. The molecular weight excluding hydrogens is 210 g/mol. The van der Waals surface area contributed by atoms with E-state index in [1.54, 1.807) is 12.1 Å². The lowest BCUT2D eigenvalue weighted by Gasteiger charge is -2.05. The van der Waals surface area contributed by atoms with E-state index in [-0.39, 0.29) is 5.75 Å². The molecule has 0 aliphatic heterocycles. The van der Waals surface area contributed by atoms with Gasteiger partial charge in [-0.3, -0.25) is 0 Å². The van der Waals surface area contributed by atoms with E-state index in [1.807, 2.05) is 12.1 Å². The van der Waals surface area contributed by atoms with Crippen LogP contribution in [0.1, 0.15) is 38.2 Å². The first-order valence-electron chi connectivity index (χ1n) is 5.76. The Morgan fingerprint density at radius 3 is 2.31 bits per heavy atom. The Labute approximate surface area is 95.4 Å².